The summed E-state index contributed by atoms with van der Waals surface area (Å²) in [4.78, 5) is 27.2. The number of carbonyl (C=O) groups excluding carboxylic acids is 1. The number of hydrogen-bond acceptors (Lipinski definition) is 4. The Bertz CT molecular complexity index is 1030. The number of anilines is 2. The zero-order valence-electron chi connectivity index (χ0n) is 14.7. The van der Waals surface area contributed by atoms with Gasteiger partial charge < -0.3 is 0 Å². The monoisotopic (exact) mass is 348 g/mol. The standard InChI is InChI=1S/C20H17FN4O/c1-12-8-22-11-18(24-12)25-17-7-13(14-6-15(21)10-23-9-14)4-5-16(17)20(2,3)19(25)26/h4-11H,1-3H3. The van der Waals surface area contributed by atoms with Crippen molar-refractivity contribution in [1.82, 2.24) is 15.0 Å². The molecule has 4 rings (SSSR count). The van der Waals surface area contributed by atoms with Crippen LogP contribution in [0.15, 0.2) is 49.1 Å². The van der Waals surface area contributed by atoms with Gasteiger partial charge in [0.2, 0.25) is 5.91 Å². The average Bonchev–Trinajstić information content (AvgIpc) is 2.81. The van der Waals surface area contributed by atoms with E-state index in [1.807, 2.05) is 39.0 Å². The van der Waals surface area contributed by atoms with Crippen molar-refractivity contribution in [3.63, 3.8) is 0 Å². The van der Waals surface area contributed by atoms with E-state index in [1.165, 1.54) is 6.07 Å². The lowest BCUT2D eigenvalue weighted by Gasteiger charge is -2.19. The highest BCUT2D eigenvalue weighted by molar-refractivity contribution is 6.12. The lowest BCUT2D eigenvalue weighted by Crippen LogP contribution is -2.33. The van der Waals surface area contributed by atoms with Crippen LogP contribution in [0.1, 0.15) is 25.1 Å². The van der Waals surface area contributed by atoms with E-state index in [0.717, 1.165) is 28.7 Å². The molecular weight excluding hydrogens is 331 g/mol. The van der Waals surface area contributed by atoms with E-state index in [4.69, 9.17) is 0 Å². The third-order valence-corrected chi connectivity index (χ3v) is 4.66. The molecular formula is C20H17FN4O. The molecule has 26 heavy (non-hydrogen) atoms. The molecule has 0 N–H and O–H groups in total. The summed E-state index contributed by atoms with van der Waals surface area (Å²) in [6.07, 6.45) is 5.99. The Labute approximate surface area is 150 Å². The van der Waals surface area contributed by atoms with Crippen LogP contribution in [0.25, 0.3) is 11.1 Å². The molecule has 1 aromatic carbocycles. The van der Waals surface area contributed by atoms with Gasteiger partial charge in [-0.1, -0.05) is 12.1 Å². The van der Waals surface area contributed by atoms with Crippen LogP contribution in [-0.4, -0.2) is 20.9 Å². The van der Waals surface area contributed by atoms with Crippen molar-refractivity contribution in [3.05, 3.63) is 66.1 Å². The molecule has 130 valence electrons. The van der Waals surface area contributed by atoms with E-state index < -0.39 is 11.2 Å². The summed E-state index contributed by atoms with van der Waals surface area (Å²) in [5, 5.41) is 0. The third-order valence-electron chi connectivity index (χ3n) is 4.66. The van der Waals surface area contributed by atoms with Gasteiger partial charge in [0, 0.05) is 18.0 Å². The molecule has 0 aliphatic carbocycles. The van der Waals surface area contributed by atoms with Crippen LogP contribution in [0.5, 0.6) is 0 Å². The smallest absolute Gasteiger partial charge is 0.242 e. The second-order valence-electron chi connectivity index (χ2n) is 6.91. The summed E-state index contributed by atoms with van der Waals surface area (Å²) in [6.45, 7) is 5.61. The summed E-state index contributed by atoms with van der Waals surface area (Å²) in [5.41, 5.74) is 3.12. The number of nitrogens with zero attached hydrogens (tertiary/aromatic N) is 4. The normalized spacial score (nSPS) is 15.2. The Kier molecular flexibility index (Phi) is 3.57. The number of amides is 1. The van der Waals surface area contributed by atoms with Crippen molar-refractivity contribution in [2.24, 2.45) is 0 Å². The van der Waals surface area contributed by atoms with Crippen LogP contribution in [0.3, 0.4) is 0 Å². The summed E-state index contributed by atoms with van der Waals surface area (Å²) in [6, 6.07) is 7.10. The van der Waals surface area contributed by atoms with Gasteiger partial charge in [0.25, 0.3) is 0 Å². The number of rotatable bonds is 2. The van der Waals surface area contributed by atoms with Gasteiger partial charge in [0.1, 0.15) is 5.82 Å². The first-order valence-corrected chi connectivity index (χ1v) is 8.26. The maximum absolute atomic E-state index is 13.6. The SMILES string of the molecule is Cc1cncc(N2C(=O)C(C)(C)c3ccc(-c4cncc(F)c4)cc32)n1. The van der Waals surface area contributed by atoms with Gasteiger partial charge in [0.15, 0.2) is 5.82 Å². The minimum absolute atomic E-state index is 0.0677. The molecule has 1 aliphatic rings. The molecule has 0 unspecified atom stereocenters. The van der Waals surface area contributed by atoms with Gasteiger partial charge >= 0.3 is 0 Å². The van der Waals surface area contributed by atoms with Crippen molar-refractivity contribution in [2.75, 3.05) is 4.90 Å². The Balaban J connectivity index is 1.90. The molecule has 1 aliphatic heterocycles. The molecule has 0 radical (unpaired) electrons. The minimum atomic E-state index is -0.681. The van der Waals surface area contributed by atoms with Crippen molar-refractivity contribution in [1.29, 1.82) is 0 Å². The Morgan fingerprint density at radius 2 is 1.77 bits per heavy atom. The maximum atomic E-state index is 13.6. The number of benzene rings is 1. The van der Waals surface area contributed by atoms with Crippen molar-refractivity contribution in [3.8, 4) is 11.1 Å². The maximum Gasteiger partial charge on any atom is 0.242 e. The molecule has 6 heteroatoms. The van der Waals surface area contributed by atoms with Crippen molar-refractivity contribution in [2.45, 2.75) is 26.2 Å². The lowest BCUT2D eigenvalue weighted by molar-refractivity contribution is -0.121. The fourth-order valence-electron chi connectivity index (χ4n) is 3.28. The molecule has 3 aromatic rings. The second kappa shape index (κ2) is 5.69. The summed E-state index contributed by atoms with van der Waals surface area (Å²) >= 11 is 0. The summed E-state index contributed by atoms with van der Waals surface area (Å²) in [7, 11) is 0. The van der Waals surface area contributed by atoms with E-state index >= 15 is 0 Å². The largest absolute Gasteiger partial charge is 0.273 e. The quantitative estimate of drug-likeness (QED) is 0.704. The van der Waals surface area contributed by atoms with E-state index in [2.05, 4.69) is 15.0 Å². The topological polar surface area (TPSA) is 59.0 Å². The van der Waals surface area contributed by atoms with E-state index in [0.29, 0.717) is 11.4 Å². The number of hydrogen-bond donors (Lipinski definition) is 0. The van der Waals surface area contributed by atoms with E-state index in [-0.39, 0.29) is 5.91 Å². The highest BCUT2D eigenvalue weighted by Crippen LogP contribution is 2.46. The number of aromatic nitrogens is 3. The first-order valence-electron chi connectivity index (χ1n) is 8.26. The third kappa shape index (κ3) is 2.45. The van der Waals surface area contributed by atoms with E-state index in [1.54, 1.807) is 23.5 Å². The fraction of sp³-hybridized carbons (Fsp3) is 0.200. The number of pyridine rings is 1. The van der Waals surface area contributed by atoms with Crippen LogP contribution in [0.2, 0.25) is 0 Å². The number of halogens is 1. The zero-order chi connectivity index (χ0) is 18.5. The number of aryl methyl sites for hydroxylation is 1. The van der Waals surface area contributed by atoms with E-state index in [9.17, 15) is 9.18 Å². The van der Waals surface area contributed by atoms with Crippen LogP contribution in [0, 0.1) is 12.7 Å². The Morgan fingerprint density at radius 3 is 2.50 bits per heavy atom. The van der Waals surface area contributed by atoms with Crippen LogP contribution in [0.4, 0.5) is 15.9 Å². The number of carbonyl (C=O) groups is 1. The molecule has 0 bridgehead atoms. The van der Waals surface area contributed by atoms with Gasteiger partial charge in [-0.15, -0.1) is 0 Å². The number of fused-ring (bicyclic) bond motifs is 1. The highest BCUT2D eigenvalue weighted by atomic mass is 19.1. The van der Waals surface area contributed by atoms with Gasteiger partial charge in [-0.2, -0.15) is 0 Å². The molecule has 5 nitrogen and oxygen atoms in total. The van der Waals surface area contributed by atoms with Crippen LogP contribution >= 0.6 is 0 Å². The second-order valence-corrected chi connectivity index (χ2v) is 6.91. The molecule has 0 saturated carbocycles. The van der Waals surface area contributed by atoms with Crippen molar-refractivity contribution >= 4 is 17.4 Å². The Morgan fingerprint density at radius 1 is 1.00 bits per heavy atom. The van der Waals surface area contributed by atoms with Gasteiger partial charge in [-0.25, -0.2) is 9.37 Å². The van der Waals surface area contributed by atoms with Crippen LogP contribution in [-0.2, 0) is 10.2 Å². The average molecular weight is 348 g/mol. The molecule has 0 fully saturated rings. The van der Waals surface area contributed by atoms with Crippen molar-refractivity contribution < 1.29 is 9.18 Å². The Hall–Kier alpha value is -3.15. The predicted molar refractivity (Wildman–Crippen MR) is 96.6 cm³/mol. The molecule has 3 heterocycles. The summed E-state index contributed by atoms with van der Waals surface area (Å²) < 4.78 is 13.6. The molecule has 0 atom stereocenters. The first kappa shape index (κ1) is 16.3. The zero-order valence-corrected chi connectivity index (χ0v) is 14.7. The summed E-state index contributed by atoms with van der Waals surface area (Å²) in [5.74, 6) is 0.0130. The molecule has 1 amide bonds. The predicted octanol–water partition coefficient (Wildman–Crippen LogP) is 3.94. The van der Waals surface area contributed by atoms with Gasteiger partial charge in [-0.05, 0) is 44.0 Å². The molecule has 0 saturated heterocycles. The molecule has 2 aromatic heterocycles. The first-order chi connectivity index (χ1) is 12.4. The van der Waals surface area contributed by atoms with Crippen LogP contribution < -0.4 is 4.90 Å². The minimum Gasteiger partial charge on any atom is -0.273 e. The highest BCUT2D eigenvalue weighted by Gasteiger charge is 2.45. The van der Waals surface area contributed by atoms with Gasteiger partial charge in [-0.3, -0.25) is 19.7 Å². The lowest BCUT2D eigenvalue weighted by atomic mass is 9.85. The molecule has 0 spiro atoms. The fourth-order valence-corrected chi connectivity index (χ4v) is 3.28. The van der Waals surface area contributed by atoms with Gasteiger partial charge in [0.05, 0.1) is 29.2 Å².